The normalized spacial score (nSPS) is 28.9. The Bertz CT molecular complexity index is 987. The van der Waals surface area contributed by atoms with E-state index in [-0.39, 0.29) is 53.4 Å². The summed E-state index contributed by atoms with van der Waals surface area (Å²) in [6, 6.07) is 12.0. The third-order valence-corrected chi connectivity index (χ3v) is 6.30. The van der Waals surface area contributed by atoms with Crippen LogP contribution in [0.25, 0.3) is 0 Å². The molecule has 5 atom stereocenters. The topological polar surface area (TPSA) is 84.5 Å². The zero-order valence-electron chi connectivity index (χ0n) is 15.4. The van der Waals surface area contributed by atoms with Crippen molar-refractivity contribution in [2.45, 2.75) is 18.9 Å². The Morgan fingerprint density at radius 2 is 1.59 bits per heavy atom. The summed E-state index contributed by atoms with van der Waals surface area (Å²) in [5.74, 6) is -1.39. The van der Waals surface area contributed by atoms with Crippen LogP contribution in [0.4, 0.5) is 15.8 Å². The number of benzene rings is 2. The van der Waals surface area contributed by atoms with Crippen LogP contribution in [0.3, 0.4) is 0 Å². The van der Waals surface area contributed by atoms with Crippen molar-refractivity contribution < 1.29 is 23.5 Å². The van der Waals surface area contributed by atoms with E-state index in [2.05, 4.69) is 10.6 Å². The van der Waals surface area contributed by atoms with E-state index in [1.165, 1.54) is 24.3 Å². The average Bonchev–Trinajstić information content (AvgIpc) is 3.33. The van der Waals surface area contributed by atoms with Gasteiger partial charge in [-0.05, 0) is 67.3 Å². The molecule has 5 rings (SSSR count). The highest BCUT2D eigenvalue weighted by molar-refractivity contribution is 6.04. The number of amides is 2. The van der Waals surface area contributed by atoms with Gasteiger partial charge in [-0.25, -0.2) is 4.39 Å². The molecule has 0 radical (unpaired) electrons. The van der Waals surface area contributed by atoms with Crippen molar-refractivity contribution in [1.82, 2.24) is 0 Å². The first-order valence-corrected chi connectivity index (χ1v) is 9.68. The second kappa shape index (κ2) is 6.69. The standard InChI is InChI=1S/C22H19FN2O4/c23-13-3-7-15(8-4-13)24-20(26)11-1-5-14(6-2-11)25-21(27)18-12-9-16-17(10-12)29-22(28)19(16)18/h1-8,12,16-19H,9-10H2,(H,24,26)(H,25,27)/t12-,16+,17-,18-,19-/m1/s1. The first-order valence-electron chi connectivity index (χ1n) is 9.68. The number of rotatable bonds is 4. The maximum Gasteiger partial charge on any atom is 0.310 e. The Hall–Kier alpha value is -3.22. The van der Waals surface area contributed by atoms with E-state index in [1.807, 2.05) is 0 Å². The molecule has 2 amide bonds. The summed E-state index contributed by atoms with van der Waals surface area (Å²) in [5, 5.41) is 5.56. The minimum absolute atomic E-state index is 0.000420. The van der Waals surface area contributed by atoms with Crippen LogP contribution >= 0.6 is 0 Å². The number of hydrogen-bond donors (Lipinski definition) is 2. The maximum absolute atomic E-state index is 13.0. The van der Waals surface area contributed by atoms with E-state index in [1.54, 1.807) is 24.3 Å². The van der Waals surface area contributed by atoms with Crippen LogP contribution in [0.2, 0.25) is 0 Å². The molecule has 7 heteroatoms. The molecule has 3 aliphatic rings. The van der Waals surface area contributed by atoms with E-state index in [4.69, 9.17) is 4.74 Å². The molecule has 1 aliphatic heterocycles. The summed E-state index contributed by atoms with van der Waals surface area (Å²) >= 11 is 0. The number of halogens is 1. The van der Waals surface area contributed by atoms with Crippen LogP contribution in [-0.4, -0.2) is 23.9 Å². The van der Waals surface area contributed by atoms with Gasteiger partial charge < -0.3 is 15.4 Å². The van der Waals surface area contributed by atoms with Crippen molar-refractivity contribution in [1.29, 1.82) is 0 Å². The average molecular weight is 394 g/mol. The maximum atomic E-state index is 13.0. The molecule has 2 aromatic rings. The monoisotopic (exact) mass is 394 g/mol. The lowest BCUT2D eigenvalue weighted by Crippen LogP contribution is -2.35. The molecule has 3 fully saturated rings. The van der Waals surface area contributed by atoms with Gasteiger partial charge in [0.1, 0.15) is 11.9 Å². The van der Waals surface area contributed by atoms with Crippen molar-refractivity contribution in [2.24, 2.45) is 23.7 Å². The zero-order chi connectivity index (χ0) is 20.1. The molecular formula is C22H19FN2O4. The smallest absolute Gasteiger partial charge is 0.310 e. The van der Waals surface area contributed by atoms with Crippen molar-refractivity contribution in [3.63, 3.8) is 0 Å². The van der Waals surface area contributed by atoms with Crippen LogP contribution in [0.15, 0.2) is 48.5 Å². The molecule has 29 heavy (non-hydrogen) atoms. The number of anilines is 2. The molecule has 2 aliphatic carbocycles. The van der Waals surface area contributed by atoms with Crippen LogP contribution in [0.5, 0.6) is 0 Å². The van der Waals surface area contributed by atoms with E-state index in [9.17, 15) is 18.8 Å². The van der Waals surface area contributed by atoms with Gasteiger partial charge in [-0.1, -0.05) is 0 Å². The Morgan fingerprint density at radius 3 is 2.31 bits per heavy atom. The first-order chi connectivity index (χ1) is 14.0. The Kier molecular flexibility index (Phi) is 4.12. The highest BCUT2D eigenvalue weighted by Crippen LogP contribution is 2.57. The molecule has 2 saturated carbocycles. The Balaban J connectivity index is 1.24. The fourth-order valence-electron chi connectivity index (χ4n) is 5.03. The van der Waals surface area contributed by atoms with E-state index in [0.29, 0.717) is 16.9 Å². The van der Waals surface area contributed by atoms with Crippen molar-refractivity contribution in [2.75, 3.05) is 10.6 Å². The SMILES string of the molecule is O=C(Nc1ccc(F)cc1)c1ccc(NC(=O)[C@@H]2[C@@H]3C[C@@H]4[C@H]2C(=O)O[C@@H]4C3)cc1. The molecule has 2 N–H and O–H groups in total. The first kappa shape index (κ1) is 17.8. The number of ether oxygens (including phenoxy) is 1. The highest BCUT2D eigenvalue weighted by atomic mass is 19.1. The van der Waals surface area contributed by atoms with Gasteiger partial charge in [0, 0.05) is 22.9 Å². The van der Waals surface area contributed by atoms with Crippen LogP contribution in [0.1, 0.15) is 23.2 Å². The van der Waals surface area contributed by atoms with E-state index >= 15 is 0 Å². The highest BCUT2D eigenvalue weighted by Gasteiger charge is 2.63. The van der Waals surface area contributed by atoms with Gasteiger partial charge >= 0.3 is 5.97 Å². The van der Waals surface area contributed by atoms with Gasteiger partial charge in [-0.3, -0.25) is 14.4 Å². The summed E-state index contributed by atoms with van der Waals surface area (Å²) in [4.78, 5) is 37.2. The summed E-state index contributed by atoms with van der Waals surface area (Å²) in [6.45, 7) is 0. The molecule has 6 nitrogen and oxygen atoms in total. The molecule has 2 bridgehead atoms. The molecule has 0 unspecified atom stereocenters. The number of nitrogens with one attached hydrogen (secondary N) is 2. The molecule has 148 valence electrons. The molecule has 1 saturated heterocycles. The largest absolute Gasteiger partial charge is 0.462 e. The third-order valence-electron chi connectivity index (χ3n) is 6.30. The minimum Gasteiger partial charge on any atom is -0.462 e. The zero-order valence-corrected chi connectivity index (χ0v) is 15.4. The molecule has 2 aromatic carbocycles. The predicted octanol–water partition coefficient (Wildman–Crippen LogP) is 3.21. The molecule has 0 spiro atoms. The second-order valence-corrected chi connectivity index (χ2v) is 7.95. The van der Waals surface area contributed by atoms with Gasteiger partial charge in [0.2, 0.25) is 5.91 Å². The summed E-state index contributed by atoms with van der Waals surface area (Å²) in [7, 11) is 0. The number of carbonyl (C=O) groups excluding carboxylic acids is 3. The summed E-state index contributed by atoms with van der Waals surface area (Å²) < 4.78 is 18.3. The second-order valence-electron chi connectivity index (χ2n) is 7.95. The Labute approximate surface area is 166 Å². The van der Waals surface area contributed by atoms with Gasteiger partial charge in [0.25, 0.3) is 5.91 Å². The molecular weight excluding hydrogens is 375 g/mol. The lowest BCUT2D eigenvalue weighted by Gasteiger charge is -2.23. The van der Waals surface area contributed by atoms with Gasteiger partial charge in [0.15, 0.2) is 0 Å². The number of fused-ring (bicyclic) bond motifs is 1. The summed E-state index contributed by atoms with van der Waals surface area (Å²) in [6.07, 6.45) is 1.65. The lowest BCUT2D eigenvalue weighted by atomic mass is 9.79. The lowest BCUT2D eigenvalue weighted by molar-refractivity contribution is -0.145. The molecule has 0 aromatic heterocycles. The van der Waals surface area contributed by atoms with E-state index < -0.39 is 0 Å². The van der Waals surface area contributed by atoms with Crippen LogP contribution in [-0.2, 0) is 14.3 Å². The predicted molar refractivity (Wildman–Crippen MR) is 102 cm³/mol. The number of hydrogen-bond acceptors (Lipinski definition) is 4. The van der Waals surface area contributed by atoms with Gasteiger partial charge in [-0.15, -0.1) is 0 Å². The third kappa shape index (κ3) is 3.06. The van der Waals surface area contributed by atoms with Crippen molar-refractivity contribution >= 4 is 29.2 Å². The van der Waals surface area contributed by atoms with Gasteiger partial charge in [-0.2, -0.15) is 0 Å². The van der Waals surface area contributed by atoms with Crippen LogP contribution in [0, 0.1) is 29.5 Å². The van der Waals surface area contributed by atoms with Crippen molar-refractivity contribution in [3.05, 3.63) is 59.9 Å². The molecule has 1 heterocycles. The quantitative estimate of drug-likeness (QED) is 0.780. The summed E-state index contributed by atoms with van der Waals surface area (Å²) in [5.41, 5.74) is 1.47. The van der Waals surface area contributed by atoms with E-state index in [0.717, 1.165) is 12.8 Å². The van der Waals surface area contributed by atoms with Crippen molar-refractivity contribution in [3.8, 4) is 0 Å². The fraction of sp³-hybridized carbons (Fsp3) is 0.318. The number of esters is 1. The number of carbonyl (C=O) groups is 3. The fourth-order valence-corrected chi connectivity index (χ4v) is 5.03. The Morgan fingerprint density at radius 1 is 0.931 bits per heavy atom. The van der Waals surface area contributed by atoms with Crippen LogP contribution < -0.4 is 10.6 Å². The van der Waals surface area contributed by atoms with Gasteiger partial charge in [0.05, 0.1) is 11.8 Å². The minimum atomic E-state index is -0.375.